The highest BCUT2D eigenvalue weighted by Crippen LogP contribution is 2.28. The van der Waals surface area contributed by atoms with Gasteiger partial charge in [0.05, 0.1) is 4.92 Å². The Labute approximate surface area is 117 Å². The van der Waals surface area contributed by atoms with Crippen molar-refractivity contribution in [3.8, 4) is 0 Å². The Hall–Kier alpha value is -1.28. The molecule has 1 saturated heterocycles. The van der Waals surface area contributed by atoms with Crippen molar-refractivity contribution in [1.82, 2.24) is 9.97 Å². The second-order valence-corrected chi connectivity index (χ2v) is 6.33. The largest absolute Gasteiger partial charge is 0.361 e. The Morgan fingerprint density at radius 1 is 1.42 bits per heavy atom. The highest BCUT2D eigenvalue weighted by molar-refractivity contribution is 7.85. The molecule has 1 aromatic rings. The third kappa shape index (κ3) is 3.38. The Morgan fingerprint density at radius 2 is 2.05 bits per heavy atom. The number of hydrogen-bond donors (Lipinski definition) is 1. The van der Waals surface area contributed by atoms with E-state index in [9.17, 15) is 14.3 Å². The lowest BCUT2D eigenvalue weighted by Gasteiger charge is -2.22. The lowest BCUT2D eigenvalue weighted by atomic mass is 10.1. The van der Waals surface area contributed by atoms with Crippen molar-refractivity contribution in [1.29, 1.82) is 0 Å². The van der Waals surface area contributed by atoms with Crippen LogP contribution in [-0.4, -0.2) is 36.6 Å². The first-order valence-corrected chi connectivity index (χ1v) is 7.64. The van der Waals surface area contributed by atoms with Gasteiger partial charge in [-0.15, -0.1) is 0 Å². The summed E-state index contributed by atoms with van der Waals surface area (Å²) in [7, 11) is -0.775. The van der Waals surface area contributed by atoms with Gasteiger partial charge in [-0.1, -0.05) is 0 Å². The van der Waals surface area contributed by atoms with Crippen LogP contribution in [0.15, 0.2) is 0 Å². The van der Waals surface area contributed by atoms with E-state index in [4.69, 9.17) is 11.6 Å². The summed E-state index contributed by atoms with van der Waals surface area (Å²) in [6, 6.07) is 0.0294. The summed E-state index contributed by atoms with van der Waals surface area (Å²) < 4.78 is 11.3. The Morgan fingerprint density at radius 3 is 2.63 bits per heavy atom. The van der Waals surface area contributed by atoms with E-state index in [1.54, 1.807) is 0 Å². The number of rotatable bonds is 3. The van der Waals surface area contributed by atoms with Crippen LogP contribution in [0, 0.1) is 17.0 Å². The first-order chi connectivity index (χ1) is 8.97. The lowest BCUT2D eigenvalue weighted by Crippen LogP contribution is -2.30. The number of nitrogens with one attached hydrogen (secondary N) is 1. The highest BCUT2D eigenvalue weighted by Gasteiger charge is 2.25. The van der Waals surface area contributed by atoms with Crippen LogP contribution < -0.4 is 5.32 Å². The van der Waals surface area contributed by atoms with Gasteiger partial charge in [0.15, 0.2) is 0 Å². The number of anilines is 1. The van der Waals surface area contributed by atoms with E-state index in [-0.39, 0.29) is 28.5 Å². The van der Waals surface area contributed by atoms with E-state index in [0.717, 1.165) is 0 Å². The van der Waals surface area contributed by atoms with Crippen molar-refractivity contribution in [2.24, 2.45) is 0 Å². The van der Waals surface area contributed by atoms with Crippen molar-refractivity contribution < 1.29 is 9.13 Å². The number of halogens is 1. The monoisotopic (exact) mass is 304 g/mol. The zero-order valence-electron chi connectivity index (χ0n) is 10.3. The van der Waals surface area contributed by atoms with Crippen LogP contribution in [-0.2, 0) is 10.8 Å². The molecule has 0 unspecified atom stereocenters. The van der Waals surface area contributed by atoms with Crippen molar-refractivity contribution in [3.63, 3.8) is 0 Å². The summed E-state index contributed by atoms with van der Waals surface area (Å²) >= 11 is 5.73. The van der Waals surface area contributed by atoms with E-state index < -0.39 is 15.7 Å². The topological polar surface area (TPSA) is 98.0 Å². The molecule has 2 rings (SSSR count). The molecule has 2 heterocycles. The summed E-state index contributed by atoms with van der Waals surface area (Å²) in [6.07, 6.45) is 1.40. The van der Waals surface area contributed by atoms with E-state index >= 15 is 0 Å². The average molecular weight is 305 g/mol. The van der Waals surface area contributed by atoms with Crippen molar-refractivity contribution in [2.45, 2.75) is 25.8 Å². The molecule has 9 heteroatoms. The average Bonchev–Trinajstić information content (AvgIpc) is 2.30. The van der Waals surface area contributed by atoms with Crippen LogP contribution in [0.2, 0.25) is 5.28 Å². The summed E-state index contributed by atoms with van der Waals surface area (Å²) in [5, 5.41) is 14.0. The van der Waals surface area contributed by atoms with Crippen molar-refractivity contribution >= 4 is 33.9 Å². The van der Waals surface area contributed by atoms with Crippen LogP contribution >= 0.6 is 11.6 Å². The molecule has 0 radical (unpaired) electrons. The summed E-state index contributed by atoms with van der Waals surface area (Å²) in [5.41, 5.74) is 0.0722. The Bertz CT molecular complexity index is 530. The van der Waals surface area contributed by atoms with Crippen molar-refractivity contribution in [2.75, 3.05) is 16.8 Å². The first-order valence-electron chi connectivity index (χ1n) is 5.77. The molecule has 1 aliphatic heterocycles. The van der Waals surface area contributed by atoms with Gasteiger partial charge in [0.1, 0.15) is 5.69 Å². The summed E-state index contributed by atoms with van der Waals surface area (Å²) in [6.45, 7) is 1.52. The van der Waals surface area contributed by atoms with Gasteiger partial charge in [-0.3, -0.25) is 14.3 Å². The molecule has 7 nitrogen and oxygen atoms in total. The van der Waals surface area contributed by atoms with Gasteiger partial charge in [0, 0.05) is 28.3 Å². The van der Waals surface area contributed by atoms with Crippen LogP contribution in [0.4, 0.5) is 11.5 Å². The molecule has 19 heavy (non-hydrogen) atoms. The molecule has 0 aromatic carbocycles. The number of aromatic nitrogens is 2. The van der Waals surface area contributed by atoms with Gasteiger partial charge in [0.25, 0.3) is 0 Å². The van der Waals surface area contributed by atoms with Crippen molar-refractivity contribution in [3.05, 3.63) is 21.1 Å². The first kappa shape index (κ1) is 14.1. The minimum Gasteiger partial charge on any atom is -0.361 e. The Kier molecular flexibility index (Phi) is 4.31. The highest BCUT2D eigenvalue weighted by atomic mass is 35.5. The third-order valence-electron chi connectivity index (χ3n) is 2.94. The fourth-order valence-corrected chi connectivity index (χ4v) is 3.49. The molecule has 1 fully saturated rings. The number of nitro groups is 1. The minimum atomic E-state index is -0.775. The maximum Gasteiger partial charge on any atom is 0.332 e. The fraction of sp³-hybridized carbons (Fsp3) is 0.600. The van der Waals surface area contributed by atoms with E-state index in [2.05, 4.69) is 15.3 Å². The number of nitrogens with zero attached hydrogens (tertiary/aromatic N) is 3. The molecule has 0 atom stereocenters. The molecule has 0 saturated carbocycles. The predicted molar refractivity (Wildman–Crippen MR) is 73.0 cm³/mol. The zero-order chi connectivity index (χ0) is 14.0. The standard InChI is InChI=1S/C10H13ClN4O3S/c1-6-8(15(16)17)9(14-10(11)12-6)13-7-2-4-19(18)5-3-7/h7H,2-5H2,1H3,(H,12,13,14). The zero-order valence-corrected chi connectivity index (χ0v) is 11.8. The van der Waals surface area contributed by atoms with Gasteiger partial charge < -0.3 is 5.32 Å². The molecule has 0 spiro atoms. The van der Waals surface area contributed by atoms with Crippen LogP contribution in [0.25, 0.3) is 0 Å². The van der Waals surface area contributed by atoms with Gasteiger partial charge >= 0.3 is 5.69 Å². The van der Waals surface area contributed by atoms with Gasteiger partial charge in [-0.05, 0) is 31.4 Å². The van der Waals surface area contributed by atoms with Gasteiger partial charge in [-0.2, -0.15) is 4.98 Å². The number of aryl methyl sites for hydroxylation is 1. The Balaban J connectivity index is 2.24. The maximum absolute atomic E-state index is 11.3. The predicted octanol–water partition coefficient (Wildman–Crippen LogP) is 1.67. The quantitative estimate of drug-likeness (QED) is 0.518. The van der Waals surface area contributed by atoms with Crippen LogP contribution in [0.1, 0.15) is 18.5 Å². The van der Waals surface area contributed by atoms with E-state index in [0.29, 0.717) is 24.3 Å². The second kappa shape index (κ2) is 5.79. The molecule has 0 amide bonds. The normalized spacial score (nSPS) is 23.1. The minimum absolute atomic E-state index is 0.0232. The maximum atomic E-state index is 11.3. The lowest BCUT2D eigenvalue weighted by molar-refractivity contribution is -0.385. The molecular formula is C10H13ClN4O3S. The fourth-order valence-electron chi connectivity index (χ4n) is 1.98. The smallest absolute Gasteiger partial charge is 0.332 e. The molecular weight excluding hydrogens is 292 g/mol. The SMILES string of the molecule is Cc1nc(Cl)nc(NC2CCS(=O)CC2)c1[N+](=O)[O-]. The van der Waals surface area contributed by atoms with Crippen LogP contribution in [0.3, 0.4) is 0 Å². The molecule has 1 N–H and O–H groups in total. The molecule has 0 bridgehead atoms. The second-order valence-electron chi connectivity index (χ2n) is 4.30. The third-order valence-corrected chi connectivity index (χ3v) is 4.49. The number of hydrogen-bond acceptors (Lipinski definition) is 6. The van der Waals surface area contributed by atoms with Gasteiger partial charge in [-0.25, -0.2) is 4.98 Å². The molecule has 1 aromatic heterocycles. The van der Waals surface area contributed by atoms with E-state index in [1.165, 1.54) is 6.92 Å². The molecule has 1 aliphatic rings. The summed E-state index contributed by atoms with van der Waals surface area (Å²) in [5.74, 6) is 1.34. The molecule has 104 valence electrons. The molecule has 0 aliphatic carbocycles. The van der Waals surface area contributed by atoms with Crippen LogP contribution in [0.5, 0.6) is 0 Å². The van der Waals surface area contributed by atoms with E-state index in [1.807, 2.05) is 0 Å². The van der Waals surface area contributed by atoms with Gasteiger partial charge in [0.2, 0.25) is 11.1 Å². The summed E-state index contributed by atoms with van der Waals surface area (Å²) in [4.78, 5) is 18.2.